The summed E-state index contributed by atoms with van der Waals surface area (Å²) in [6.07, 6.45) is 8.28. The summed E-state index contributed by atoms with van der Waals surface area (Å²) in [7, 11) is 4.37. The van der Waals surface area contributed by atoms with Crippen molar-refractivity contribution >= 4 is 11.9 Å². The van der Waals surface area contributed by atoms with Crippen LogP contribution in [-0.2, 0) is 9.59 Å². The van der Waals surface area contributed by atoms with Crippen LogP contribution in [0.5, 0.6) is 0 Å². The molecule has 4 unspecified atom stereocenters. The number of likely N-dealkylation sites (tertiary alicyclic amines) is 2. The zero-order valence-electron chi connectivity index (χ0n) is 19.6. The van der Waals surface area contributed by atoms with E-state index in [2.05, 4.69) is 46.0 Å². The lowest BCUT2D eigenvalue weighted by Crippen LogP contribution is -2.39. The van der Waals surface area contributed by atoms with Gasteiger partial charge in [-0.05, 0) is 76.1 Å². The number of carboxylic acids is 2. The van der Waals surface area contributed by atoms with E-state index in [1.54, 1.807) is 0 Å². The Morgan fingerprint density at radius 2 is 1.21 bits per heavy atom. The average molecular weight is 475 g/mol. The van der Waals surface area contributed by atoms with E-state index in [0.29, 0.717) is 12.1 Å². The van der Waals surface area contributed by atoms with E-state index >= 15 is 0 Å². The molecule has 10 heteroatoms. The molecule has 2 fully saturated rings. The molecule has 4 atom stereocenters. The summed E-state index contributed by atoms with van der Waals surface area (Å²) in [6.45, 7) is 2.44. The smallest absolute Gasteiger partial charge is 0.335 e. The molecule has 0 radical (unpaired) electrons. The van der Waals surface area contributed by atoms with Gasteiger partial charge in [-0.2, -0.15) is 0 Å². The predicted molar refractivity (Wildman–Crippen MR) is 125 cm³/mol. The molecule has 2 aliphatic heterocycles. The summed E-state index contributed by atoms with van der Waals surface area (Å²) in [5.74, 6) is -3.54. The van der Waals surface area contributed by atoms with E-state index in [0.717, 1.165) is 0 Å². The molecule has 0 aromatic carbocycles. The van der Waals surface area contributed by atoms with Crippen LogP contribution >= 0.6 is 0 Å². The SMILES string of the molecule is CN1CCCC1c1cccnc1.CN1CCCC1c1cccnc1.O=C(O)C(O)C(O)C(=O)O. The third-order valence-electron chi connectivity index (χ3n) is 5.98. The molecule has 4 N–H and O–H groups in total. The first kappa shape index (κ1) is 27.3. The van der Waals surface area contributed by atoms with Crippen molar-refractivity contribution in [1.29, 1.82) is 0 Å². The Labute approximate surface area is 199 Å². The van der Waals surface area contributed by atoms with Gasteiger partial charge in [0, 0.05) is 36.9 Å². The van der Waals surface area contributed by atoms with E-state index < -0.39 is 24.1 Å². The second-order valence-electron chi connectivity index (χ2n) is 8.42. The van der Waals surface area contributed by atoms with Crippen LogP contribution in [0.3, 0.4) is 0 Å². The van der Waals surface area contributed by atoms with Gasteiger partial charge in [-0.1, -0.05) is 12.1 Å². The Morgan fingerprint density at radius 1 is 0.824 bits per heavy atom. The first-order valence-electron chi connectivity index (χ1n) is 11.2. The van der Waals surface area contributed by atoms with E-state index in [9.17, 15) is 9.59 Å². The maximum Gasteiger partial charge on any atom is 0.335 e. The van der Waals surface area contributed by atoms with Crippen molar-refractivity contribution in [2.75, 3.05) is 27.2 Å². The Kier molecular flexibility index (Phi) is 11.0. The molecule has 0 saturated carbocycles. The Hall–Kier alpha value is -2.92. The number of aliphatic hydroxyl groups excluding tert-OH is 2. The summed E-state index contributed by atoms with van der Waals surface area (Å²) in [5, 5.41) is 32.5. The number of aliphatic hydroxyl groups is 2. The van der Waals surface area contributed by atoms with Crippen LogP contribution in [-0.4, -0.2) is 91.5 Å². The van der Waals surface area contributed by atoms with Gasteiger partial charge in [0.15, 0.2) is 12.2 Å². The molecule has 4 heterocycles. The molecule has 0 spiro atoms. The molecule has 4 rings (SSSR count). The normalized spacial score (nSPS) is 22.0. The Balaban J connectivity index is 0.000000182. The number of carbonyl (C=O) groups is 2. The van der Waals surface area contributed by atoms with E-state index in [1.807, 2.05) is 36.9 Å². The fourth-order valence-electron chi connectivity index (χ4n) is 4.08. The summed E-state index contributed by atoms with van der Waals surface area (Å²) in [4.78, 5) is 32.6. The largest absolute Gasteiger partial charge is 0.479 e. The lowest BCUT2D eigenvalue weighted by atomic mass is 10.1. The number of nitrogens with zero attached hydrogens (tertiary/aromatic N) is 4. The van der Waals surface area contributed by atoms with Gasteiger partial charge in [-0.3, -0.25) is 19.8 Å². The van der Waals surface area contributed by atoms with Gasteiger partial charge in [0.1, 0.15) is 0 Å². The van der Waals surface area contributed by atoms with Gasteiger partial charge in [-0.15, -0.1) is 0 Å². The zero-order valence-corrected chi connectivity index (χ0v) is 19.6. The van der Waals surface area contributed by atoms with Crippen LogP contribution in [0.4, 0.5) is 0 Å². The lowest BCUT2D eigenvalue weighted by Gasteiger charge is -2.18. The molecule has 186 valence electrons. The first-order valence-corrected chi connectivity index (χ1v) is 11.2. The number of rotatable bonds is 5. The highest BCUT2D eigenvalue weighted by Gasteiger charge is 2.29. The van der Waals surface area contributed by atoms with Gasteiger partial charge >= 0.3 is 11.9 Å². The van der Waals surface area contributed by atoms with Crippen molar-refractivity contribution in [1.82, 2.24) is 19.8 Å². The molecule has 10 nitrogen and oxygen atoms in total. The molecule has 0 amide bonds. The monoisotopic (exact) mass is 474 g/mol. The summed E-state index contributed by atoms with van der Waals surface area (Å²) in [6, 6.07) is 9.58. The Morgan fingerprint density at radius 3 is 1.44 bits per heavy atom. The third kappa shape index (κ3) is 8.14. The summed E-state index contributed by atoms with van der Waals surface area (Å²) in [5.41, 5.74) is 2.72. The second kappa shape index (κ2) is 13.7. The predicted octanol–water partition coefficient (Wildman–Crippen LogP) is 1.57. The highest BCUT2D eigenvalue weighted by Crippen LogP contribution is 2.30. The Bertz CT molecular complexity index is 812. The fourth-order valence-corrected chi connectivity index (χ4v) is 4.08. The van der Waals surface area contributed by atoms with E-state index in [1.165, 1.54) is 49.9 Å². The molecule has 0 aliphatic carbocycles. The van der Waals surface area contributed by atoms with Crippen molar-refractivity contribution in [3.63, 3.8) is 0 Å². The van der Waals surface area contributed by atoms with Gasteiger partial charge in [0.25, 0.3) is 0 Å². The molecular weight excluding hydrogens is 440 g/mol. The van der Waals surface area contributed by atoms with Crippen LogP contribution in [0.2, 0.25) is 0 Å². The molecule has 2 aromatic heterocycles. The van der Waals surface area contributed by atoms with Crippen LogP contribution in [0.25, 0.3) is 0 Å². The van der Waals surface area contributed by atoms with Crippen molar-refractivity contribution in [2.45, 2.75) is 50.0 Å². The van der Waals surface area contributed by atoms with Crippen LogP contribution in [0.15, 0.2) is 49.1 Å². The van der Waals surface area contributed by atoms with Crippen LogP contribution in [0, 0.1) is 0 Å². The molecule has 0 bridgehead atoms. The zero-order chi connectivity index (χ0) is 25.1. The topological polar surface area (TPSA) is 147 Å². The van der Waals surface area contributed by atoms with E-state index in [4.69, 9.17) is 20.4 Å². The fraction of sp³-hybridized carbons (Fsp3) is 0.500. The van der Waals surface area contributed by atoms with E-state index in [-0.39, 0.29) is 0 Å². The average Bonchev–Trinajstić information content (AvgIpc) is 3.47. The summed E-state index contributed by atoms with van der Waals surface area (Å²) < 4.78 is 0. The van der Waals surface area contributed by atoms with Crippen molar-refractivity contribution in [2.24, 2.45) is 0 Å². The molecule has 2 saturated heterocycles. The highest BCUT2D eigenvalue weighted by molar-refractivity contribution is 5.83. The molecule has 2 aromatic rings. The highest BCUT2D eigenvalue weighted by atomic mass is 16.4. The minimum Gasteiger partial charge on any atom is -0.479 e. The van der Waals surface area contributed by atoms with Crippen molar-refractivity contribution in [3.05, 3.63) is 60.2 Å². The number of hydrogen-bond donors (Lipinski definition) is 4. The van der Waals surface area contributed by atoms with Crippen LogP contribution < -0.4 is 0 Å². The summed E-state index contributed by atoms with van der Waals surface area (Å²) >= 11 is 0. The van der Waals surface area contributed by atoms with Crippen molar-refractivity contribution in [3.8, 4) is 0 Å². The number of aliphatic carboxylic acids is 2. The molecule has 2 aliphatic rings. The minimum atomic E-state index is -2.27. The standard InChI is InChI=1S/2C10H14N2.C4H6O6/c2*1-12-7-3-5-10(12)9-4-2-6-11-8-9;5-1(3(7)8)2(6)4(9)10/h2*2,4,6,8,10H,3,5,7H2,1H3;1-2,5-6H,(H,7,8)(H,9,10). The molecule has 34 heavy (non-hydrogen) atoms. The number of hydrogen-bond acceptors (Lipinski definition) is 8. The second-order valence-corrected chi connectivity index (χ2v) is 8.42. The van der Waals surface area contributed by atoms with Gasteiger partial charge in [-0.25, -0.2) is 9.59 Å². The van der Waals surface area contributed by atoms with Crippen molar-refractivity contribution < 1.29 is 30.0 Å². The molecular formula is C24H34N4O6. The van der Waals surface area contributed by atoms with Crippen LogP contribution in [0.1, 0.15) is 48.9 Å². The van der Waals surface area contributed by atoms with Gasteiger partial charge < -0.3 is 20.4 Å². The maximum atomic E-state index is 9.77. The minimum absolute atomic E-state index is 0.610. The third-order valence-corrected chi connectivity index (χ3v) is 5.98. The number of pyridine rings is 2. The number of carboxylic acid groups (broad SMARTS) is 2. The van der Waals surface area contributed by atoms with Gasteiger partial charge in [0.05, 0.1) is 0 Å². The quantitative estimate of drug-likeness (QED) is 0.503. The lowest BCUT2D eigenvalue weighted by molar-refractivity contribution is -0.165. The maximum absolute atomic E-state index is 9.77. The number of aromatic nitrogens is 2. The van der Waals surface area contributed by atoms with Gasteiger partial charge in [0.2, 0.25) is 0 Å². The first-order chi connectivity index (χ1) is 16.2.